The number of hydrogen-bond acceptors (Lipinski definition) is 5. The number of rotatable bonds is 6. The van der Waals surface area contributed by atoms with E-state index in [2.05, 4.69) is 9.71 Å². The van der Waals surface area contributed by atoms with Crippen molar-refractivity contribution in [3.63, 3.8) is 0 Å². The summed E-state index contributed by atoms with van der Waals surface area (Å²) in [7, 11) is -0.994. The summed E-state index contributed by atoms with van der Waals surface area (Å²) < 4.78 is 28.3. The van der Waals surface area contributed by atoms with Gasteiger partial charge in [0.2, 0.25) is 5.78 Å². The molecule has 0 saturated heterocycles. The number of benzene rings is 2. The van der Waals surface area contributed by atoms with Crippen molar-refractivity contribution in [2.45, 2.75) is 11.8 Å². The molecule has 0 atom stereocenters. The summed E-state index contributed by atoms with van der Waals surface area (Å²) in [4.78, 5) is 31.0. The number of carbonyl (C=O) groups is 2. The van der Waals surface area contributed by atoms with Crippen molar-refractivity contribution in [1.29, 1.82) is 0 Å². The van der Waals surface area contributed by atoms with Crippen LogP contribution in [-0.2, 0) is 10.0 Å². The first-order valence-corrected chi connectivity index (χ1v) is 12.0. The van der Waals surface area contributed by atoms with Gasteiger partial charge in [0.15, 0.2) is 0 Å². The standard InChI is InChI=1S/C22H18Cl3N3O4S/c1-12-9-14(7-8-17(12)24)33(31,32)27-18-10-13(23)11-26-20(18)21(29)15-5-4-6-16(19(15)25)22(30)28(2)3/h4-11,27H,1-3H3. The molecule has 3 rings (SSSR count). The third-order valence-corrected chi connectivity index (χ3v) is 7.03. The van der Waals surface area contributed by atoms with Gasteiger partial charge in [0.05, 0.1) is 26.2 Å². The van der Waals surface area contributed by atoms with Crippen LogP contribution in [0.15, 0.2) is 53.6 Å². The van der Waals surface area contributed by atoms with Crippen LogP contribution in [0.2, 0.25) is 15.1 Å². The van der Waals surface area contributed by atoms with Crippen LogP contribution in [0, 0.1) is 6.92 Å². The fraction of sp³-hybridized carbons (Fsp3) is 0.136. The summed E-state index contributed by atoms with van der Waals surface area (Å²) in [6.07, 6.45) is 1.21. The van der Waals surface area contributed by atoms with Gasteiger partial charge in [-0.3, -0.25) is 14.3 Å². The van der Waals surface area contributed by atoms with E-state index in [1.807, 2.05) is 0 Å². The van der Waals surface area contributed by atoms with Gasteiger partial charge in [0, 0.05) is 30.9 Å². The van der Waals surface area contributed by atoms with Gasteiger partial charge in [-0.05, 0) is 48.9 Å². The first-order valence-electron chi connectivity index (χ1n) is 9.41. The molecule has 1 aromatic heterocycles. The highest BCUT2D eigenvalue weighted by molar-refractivity contribution is 7.92. The van der Waals surface area contributed by atoms with Crippen LogP contribution in [-0.4, -0.2) is 44.1 Å². The van der Waals surface area contributed by atoms with E-state index in [4.69, 9.17) is 34.8 Å². The summed E-state index contributed by atoms with van der Waals surface area (Å²) in [5.41, 5.74) is 0.307. The molecule has 0 aliphatic carbocycles. The van der Waals surface area contributed by atoms with E-state index in [9.17, 15) is 18.0 Å². The van der Waals surface area contributed by atoms with Gasteiger partial charge < -0.3 is 4.90 Å². The van der Waals surface area contributed by atoms with Gasteiger partial charge in [0.25, 0.3) is 15.9 Å². The predicted molar refractivity (Wildman–Crippen MR) is 129 cm³/mol. The zero-order valence-corrected chi connectivity index (χ0v) is 20.8. The minimum absolute atomic E-state index is 0.0121. The van der Waals surface area contributed by atoms with Crippen LogP contribution < -0.4 is 4.72 Å². The number of anilines is 1. The summed E-state index contributed by atoms with van der Waals surface area (Å²) in [6.45, 7) is 1.67. The van der Waals surface area contributed by atoms with Gasteiger partial charge in [-0.1, -0.05) is 40.9 Å². The largest absolute Gasteiger partial charge is 0.345 e. The van der Waals surface area contributed by atoms with Gasteiger partial charge in [0.1, 0.15) is 5.69 Å². The van der Waals surface area contributed by atoms with E-state index >= 15 is 0 Å². The van der Waals surface area contributed by atoms with Crippen LogP contribution in [0.3, 0.4) is 0 Å². The van der Waals surface area contributed by atoms with Crippen LogP contribution in [0.4, 0.5) is 5.69 Å². The number of halogens is 3. The molecule has 1 N–H and O–H groups in total. The Morgan fingerprint density at radius 1 is 1.00 bits per heavy atom. The molecular formula is C22H18Cl3N3O4S. The molecule has 0 spiro atoms. The lowest BCUT2D eigenvalue weighted by molar-refractivity contribution is 0.0827. The number of pyridine rings is 1. The number of aromatic nitrogens is 1. The summed E-state index contributed by atoms with van der Waals surface area (Å²) >= 11 is 18.4. The van der Waals surface area contributed by atoms with E-state index in [0.717, 1.165) is 0 Å². The van der Waals surface area contributed by atoms with Crippen molar-refractivity contribution in [2.75, 3.05) is 18.8 Å². The average Bonchev–Trinajstić information content (AvgIpc) is 2.74. The second kappa shape index (κ2) is 9.69. The Balaban J connectivity index is 2.07. The van der Waals surface area contributed by atoms with Crippen molar-refractivity contribution in [2.24, 2.45) is 0 Å². The molecule has 1 amide bonds. The Morgan fingerprint density at radius 2 is 1.67 bits per heavy atom. The third kappa shape index (κ3) is 5.30. The molecular weight excluding hydrogens is 509 g/mol. The van der Waals surface area contributed by atoms with Crippen LogP contribution in [0.25, 0.3) is 0 Å². The number of amides is 1. The molecule has 0 saturated carbocycles. The molecule has 2 aromatic carbocycles. The molecule has 0 radical (unpaired) electrons. The smallest absolute Gasteiger partial charge is 0.261 e. The van der Waals surface area contributed by atoms with Gasteiger partial charge in [-0.25, -0.2) is 13.4 Å². The molecule has 0 aliphatic rings. The molecule has 11 heteroatoms. The van der Waals surface area contributed by atoms with E-state index in [1.54, 1.807) is 21.0 Å². The van der Waals surface area contributed by atoms with E-state index < -0.39 is 21.7 Å². The summed E-state index contributed by atoms with van der Waals surface area (Å²) in [5.74, 6) is -1.08. The monoisotopic (exact) mass is 525 g/mol. The lowest BCUT2D eigenvalue weighted by Gasteiger charge is -2.15. The molecule has 0 fully saturated rings. The maximum Gasteiger partial charge on any atom is 0.261 e. The van der Waals surface area contributed by atoms with Crippen molar-refractivity contribution >= 4 is 62.2 Å². The number of hydrogen-bond donors (Lipinski definition) is 1. The first-order chi connectivity index (χ1) is 15.4. The van der Waals surface area contributed by atoms with Crippen molar-refractivity contribution in [3.8, 4) is 0 Å². The Kier molecular flexibility index (Phi) is 7.33. The number of nitrogens with zero attached hydrogens (tertiary/aromatic N) is 2. The SMILES string of the molecule is Cc1cc(S(=O)(=O)Nc2cc(Cl)cnc2C(=O)c2cccc(C(=O)N(C)C)c2Cl)ccc1Cl. The molecule has 1 heterocycles. The van der Waals surface area contributed by atoms with Crippen molar-refractivity contribution in [1.82, 2.24) is 9.88 Å². The van der Waals surface area contributed by atoms with E-state index in [1.165, 1.54) is 53.6 Å². The van der Waals surface area contributed by atoms with Crippen molar-refractivity contribution in [3.05, 3.63) is 86.1 Å². The fourth-order valence-corrected chi connectivity index (χ4v) is 4.64. The van der Waals surface area contributed by atoms with E-state index in [0.29, 0.717) is 10.6 Å². The molecule has 33 heavy (non-hydrogen) atoms. The maximum atomic E-state index is 13.3. The second-order valence-corrected chi connectivity index (χ2v) is 10.2. The first kappa shape index (κ1) is 25.0. The molecule has 7 nitrogen and oxygen atoms in total. The summed E-state index contributed by atoms with van der Waals surface area (Å²) in [6, 6.07) is 9.89. The van der Waals surface area contributed by atoms with Gasteiger partial charge >= 0.3 is 0 Å². The van der Waals surface area contributed by atoms with Gasteiger partial charge in [-0.2, -0.15) is 0 Å². The Morgan fingerprint density at radius 3 is 2.30 bits per heavy atom. The Bertz CT molecular complexity index is 1380. The molecule has 3 aromatic rings. The normalized spacial score (nSPS) is 11.2. The number of sulfonamides is 1. The second-order valence-electron chi connectivity index (χ2n) is 7.26. The quantitative estimate of drug-likeness (QED) is 0.452. The Labute approximate surface area is 206 Å². The molecule has 172 valence electrons. The predicted octanol–water partition coefficient (Wildman–Crippen LogP) is 5.08. The highest BCUT2D eigenvalue weighted by Gasteiger charge is 2.25. The number of aryl methyl sites for hydroxylation is 1. The van der Waals surface area contributed by atoms with Crippen molar-refractivity contribution < 1.29 is 18.0 Å². The molecule has 0 unspecified atom stereocenters. The maximum absolute atomic E-state index is 13.3. The van der Waals surface area contributed by atoms with E-state index in [-0.39, 0.29) is 37.4 Å². The Hall–Kier alpha value is -2.65. The average molecular weight is 527 g/mol. The number of nitrogens with one attached hydrogen (secondary N) is 1. The highest BCUT2D eigenvalue weighted by Crippen LogP contribution is 2.29. The highest BCUT2D eigenvalue weighted by atomic mass is 35.5. The fourth-order valence-electron chi connectivity index (χ4n) is 2.93. The van der Waals surface area contributed by atoms with Crippen LogP contribution in [0.1, 0.15) is 32.0 Å². The number of carbonyl (C=O) groups excluding carboxylic acids is 2. The topological polar surface area (TPSA) is 96.4 Å². The summed E-state index contributed by atoms with van der Waals surface area (Å²) in [5, 5.41) is 0.454. The van der Waals surface area contributed by atoms with Crippen LogP contribution >= 0.6 is 34.8 Å². The zero-order chi connectivity index (χ0) is 24.5. The number of ketones is 1. The van der Waals surface area contributed by atoms with Gasteiger partial charge in [-0.15, -0.1) is 0 Å². The lowest BCUT2D eigenvalue weighted by atomic mass is 10.0. The third-order valence-electron chi connectivity index (χ3n) is 4.63. The minimum Gasteiger partial charge on any atom is -0.345 e. The zero-order valence-electron chi connectivity index (χ0n) is 17.7. The minimum atomic E-state index is -4.10. The molecule has 0 bridgehead atoms. The lowest BCUT2D eigenvalue weighted by Crippen LogP contribution is -2.23. The van der Waals surface area contributed by atoms with Crippen LogP contribution in [0.5, 0.6) is 0 Å². The molecule has 0 aliphatic heterocycles.